The molecule has 0 bridgehead atoms. The van der Waals surface area contributed by atoms with E-state index >= 15 is 0 Å². The van der Waals surface area contributed by atoms with Gasteiger partial charge in [0.05, 0.1) is 0 Å². The Hall–Kier alpha value is 0.310. The van der Waals surface area contributed by atoms with Gasteiger partial charge in [-0.05, 0) is 32.6 Å². The predicted octanol–water partition coefficient (Wildman–Crippen LogP) is 3.20. The zero-order valence-corrected chi connectivity index (χ0v) is 11.1. The van der Waals surface area contributed by atoms with Crippen molar-refractivity contribution in [3.05, 3.63) is 0 Å². The predicted molar refractivity (Wildman–Crippen MR) is 67.1 cm³/mol. The number of hydrogen-bond donors (Lipinski definition) is 1. The molecule has 0 aromatic carbocycles. The molecular formula is C12H25NS. The van der Waals surface area contributed by atoms with Crippen molar-refractivity contribution in [3.63, 3.8) is 0 Å². The van der Waals surface area contributed by atoms with Gasteiger partial charge >= 0.3 is 0 Å². The van der Waals surface area contributed by atoms with Crippen molar-refractivity contribution < 1.29 is 0 Å². The monoisotopic (exact) mass is 215 g/mol. The first kappa shape index (κ1) is 12.4. The minimum absolute atomic E-state index is 0.542. The maximum Gasteiger partial charge on any atom is 0.0235 e. The summed E-state index contributed by atoms with van der Waals surface area (Å²) in [5, 5.41) is 0.542. The maximum atomic E-state index is 4.74. The third kappa shape index (κ3) is 2.27. The zero-order chi connectivity index (χ0) is 10.9. The van der Waals surface area contributed by atoms with Crippen LogP contribution in [0.4, 0.5) is 0 Å². The van der Waals surface area contributed by atoms with Gasteiger partial charge in [-0.1, -0.05) is 20.8 Å². The van der Waals surface area contributed by atoms with E-state index in [1.807, 2.05) is 0 Å². The topological polar surface area (TPSA) is 3.24 Å². The molecule has 0 aromatic rings. The summed E-state index contributed by atoms with van der Waals surface area (Å²) < 4.78 is 0. The first-order valence-corrected chi connectivity index (χ1v) is 6.46. The standard InChI is InChI=1S/C12H25NS/c1-6-9(4)13-10(5)7-11(13)12(14)8(2)3/h8-12,14H,6-7H2,1-5H3. The van der Waals surface area contributed by atoms with Crippen molar-refractivity contribution in [2.24, 2.45) is 5.92 Å². The number of nitrogens with zero attached hydrogens (tertiary/aromatic N) is 1. The maximum absolute atomic E-state index is 4.74. The Morgan fingerprint density at radius 1 is 1.36 bits per heavy atom. The van der Waals surface area contributed by atoms with Crippen LogP contribution < -0.4 is 0 Å². The van der Waals surface area contributed by atoms with E-state index < -0.39 is 0 Å². The molecule has 1 nitrogen and oxygen atoms in total. The van der Waals surface area contributed by atoms with Gasteiger partial charge < -0.3 is 0 Å². The quantitative estimate of drug-likeness (QED) is 0.705. The Kier molecular flexibility index (Phi) is 4.32. The Morgan fingerprint density at radius 3 is 2.29 bits per heavy atom. The van der Waals surface area contributed by atoms with Crippen molar-refractivity contribution in [1.29, 1.82) is 0 Å². The van der Waals surface area contributed by atoms with E-state index in [0.717, 1.165) is 12.1 Å². The molecule has 0 aromatic heterocycles. The average molecular weight is 215 g/mol. The summed E-state index contributed by atoms with van der Waals surface area (Å²) >= 11 is 4.74. The number of rotatable bonds is 4. The first-order valence-electron chi connectivity index (χ1n) is 5.94. The van der Waals surface area contributed by atoms with Crippen LogP contribution in [0.3, 0.4) is 0 Å². The first-order chi connectivity index (χ1) is 6.49. The molecule has 1 saturated heterocycles. The van der Waals surface area contributed by atoms with E-state index in [0.29, 0.717) is 17.2 Å². The van der Waals surface area contributed by atoms with Crippen LogP contribution in [0.1, 0.15) is 47.5 Å². The van der Waals surface area contributed by atoms with E-state index in [9.17, 15) is 0 Å². The molecule has 0 N–H and O–H groups in total. The molecule has 0 saturated carbocycles. The highest BCUT2D eigenvalue weighted by atomic mass is 32.1. The van der Waals surface area contributed by atoms with Crippen molar-refractivity contribution in [3.8, 4) is 0 Å². The van der Waals surface area contributed by atoms with Crippen LogP contribution in [0.5, 0.6) is 0 Å². The van der Waals surface area contributed by atoms with Gasteiger partial charge in [0.1, 0.15) is 0 Å². The average Bonchev–Trinajstić information content (AvgIpc) is 2.12. The molecule has 1 fully saturated rings. The highest BCUT2D eigenvalue weighted by molar-refractivity contribution is 7.81. The van der Waals surface area contributed by atoms with Crippen LogP contribution in [0.25, 0.3) is 0 Å². The highest BCUT2D eigenvalue weighted by Gasteiger charge is 2.41. The van der Waals surface area contributed by atoms with Gasteiger partial charge in [-0.25, -0.2) is 0 Å². The lowest BCUT2D eigenvalue weighted by atomic mass is 9.85. The van der Waals surface area contributed by atoms with Gasteiger partial charge in [0.25, 0.3) is 0 Å². The Morgan fingerprint density at radius 2 is 1.93 bits per heavy atom. The van der Waals surface area contributed by atoms with Gasteiger partial charge in [0, 0.05) is 23.4 Å². The fraction of sp³-hybridized carbons (Fsp3) is 1.00. The summed E-state index contributed by atoms with van der Waals surface area (Å²) in [6.07, 6.45) is 2.58. The largest absolute Gasteiger partial charge is 0.294 e. The minimum Gasteiger partial charge on any atom is -0.294 e. The van der Waals surface area contributed by atoms with Crippen LogP contribution >= 0.6 is 12.6 Å². The summed E-state index contributed by atoms with van der Waals surface area (Å²) in [7, 11) is 0. The Labute approximate surface area is 94.7 Å². The van der Waals surface area contributed by atoms with E-state index in [1.54, 1.807) is 0 Å². The van der Waals surface area contributed by atoms with Crippen molar-refractivity contribution in [1.82, 2.24) is 4.90 Å². The van der Waals surface area contributed by atoms with Gasteiger partial charge in [-0.3, -0.25) is 4.90 Å². The lowest BCUT2D eigenvalue weighted by Crippen LogP contribution is -2.62. The molecule has 1 aliphatic rings. The summed E-state index contributed by atoms with van der Waals surface area (Å²) in [5.41, 5.74) is 0. The summed E-state index contributed by atoms with van der Waals surface area (Å²) in [4.78, 5) is 2.65. The second-order valence-electron chi connectivity index (χ2n) is 5.09. The zero-order valence-electron chi connectivity index (χ0n) is 10.2. The summed E-state index contributed by atoms with van der Waals surface area (Å²) in [6, 6.07) is 2.20. The molecule has 0 radical (unpaired) electrons. The van der Waals surface area contributed by atoms with Gasteiger partial charge in [-0.15, -0.1) is 0 Å². The molecule has 0 spiro atoms. The summed E-state index contributed by atoms with van der Waals surface area (Å²) in [5.74, 6) is 0.683. The molecule has 14 heavy (non-hydrogen) atoms. The van der Waals surface area contributed by atoms with Crippen LogP contribution in [-0.2, 0) is 0 Å². The molecule has 1 rings (SSSR count). The van der Waals surface area contributed by atoms with E-state index in [-0.39, 0.29) is 0 Å². The third-order valence-corrected chi connectivity index (χ3v) is 4.59. The van der Waals surface area contributed by atoms with Crippen molar-refractivity contribution in [2.75, 3.05) is 0 Å². The molecule has 1 heterocycles. The van der Waals surface area contributed by atoms with E-state index in [2.05, 4.69) is 39.5 Å². The van der Waals surface area contributed by atoms with Gasteiger partial charge in [0.15, 0.2) is 0 Å². The van der Waals surface area contributed by atoms with E-state index in [4.69, 9.17) is 12.6 Å². The molecular weight excluding hydrogens is 190 g/mol. The fourth-order valence-electron chi connectivity index (χ4n) is 2.51. The fourth-order valence-corrected chi connectivity index (χ4v) is 2.79. The molecule has 2 heteroatoms. The van der Waals surface area contributed by atoms with Crippen molar-refractivity contribution in [2.45, 2.75) is 70.8 Å². The van der Waals surface area contributed by atoms with Crippen LogP contribution in [0, 0.1) is 5.92 Å². The van der Waals surface area contributed by atoms with E-state index in [1.165, 1.54) is 12.8 Å². The lowest BCUT2D eigenvalue weighted by Gasteiger charge is -2.53. The molecule has 0 amide bonds. The molecule has 4 atom stereocenters. The third-order valence-electron chi connectivity index (χ3n) is 3.65. The molecule has 1 aliphatic heterocycles. The smallest absolute Gasteiger partial charge is 0.0235 e. The lowest BCUT2D eigenvalue weighted by molar-refractivity contribution is -0.0168. The number of likely N-dealkylation sites (tertiary alicyclic amines) is 1. The molecule has 0 aliphatic carbocycles. The molecule has 84 valence electrons. The second kappa shape index (κ2) is 4.89. The molecule has 4 unspecified atom stereocenters. The van der Waals surface area contributed by atoms with Crippen LogP contribution in [0.2, 0.25) is 0 Å². The van der Waals surface area contributed by atoms with Gasteiger partial charge in [0.2, 0.25) is 0 Å². The van der Waals surface area contributed by atoms with Crippen LogP contribution in [-0.4, -0.2) is 28.3 Å². The highest BCUT2D eigenvalue weighted by Crippen LogP contribution is 2.35. The normalized spacial score (nSPS) is 32.8. The van der Waals surface area contributed by atoms with Crippen molar-refractivity contribution >= 4 is 12.6 Å². The summed E-state index contributed by atoms with van der Waals surface area (Å²) in [6.45, 7) is 11.5. The second-order valence-corrected chi connectivity index (χ2v) is 5.69. The Balaban J connectivity index is 2.56. The number of hydrogen-bond acceptors (Lipinski definition) is 2. The van der Waals surface area contributed by atoms with Crippen LogP contribution in [0.15, 0.2) is 0 Å². The minimum atomic E-state index is 0.542. The van der Waals surface area contributed by atoms with Gasteiger partial charge in [-0.2, -0.15) is 12.6 Å². The number of thiol groups is 1. The SMILES string of the molecule is CCC(C)N1C(C)CC1C(S)C(C)C. The Bertz CT molecular complexity index is 181.